The fourth-order valence-electron chi connectivity index (χ4n) is 7.60. The standard InChI is InChI=1S/C20H33NO4/c1-21-9-15-12(5-6-16(22)20(15)23-2)13-4-3-11-7-17-18(25-10-24-17)8-14(11)19(13)21/h11-20,22H,3-10H2,1-2H3/p+1. The number of methoxy groups -OCH3 is 1. The van der Waals surface area contributed by atoms with Gasteiger partial charge in [-0.2, -0.15) is 0 Å². The molecule has 2 aliphatic heterocycles. The largest absolute Gasteiger partial charge is 0.390 e. The van der Waals surface area contributed by atoms with E-state index in [2.05, 4.69) is 7.05 Å². The highest BCUT2D eigenvalue weighted by molar-refractivity contribution is 5.02. The average molecular weight is 352 g/mol. The summed E-state index contributed by atoms with van der Waals surface area (Å²) in [6.07, 6.45) is 7.68. The van der Waals surface area contributed by atoms with Crippen molar-refractivity contribution < 1.29 is 24.2 Å². The van der Waals surface area contributed by atoms with Gasteiger partial charge in [-0.25, -0.2) is 0 Å². The zero-order chi connectivity index (χ0) is 17.1. The molecular formula is C20H34NO4+. The first-order valence-electron chi connectivity index (χ1n) is 10.4. The lowest BCUT2D eigenvalue weighted by Crippen LogP contribution is -3.17. The molecule has 3 saturated carbocycles. The number of aliphatic hydroxyl groups is 1. The van der Waals surface area contributed by atoms with Gasteiger partial charge in [-0.15, -0.1) is 0 Å². The third-order valence-corrected chi connectivity index (χ3v) is 8.51. The highest BCUT2D eigenvalue weighted by Crippen LogP contribution is 2.51. The summed E-state index contributed by atoms with van der Waals surface area (Å²) < 4.78 is 17.5. The van der Waals surface area contributed by atoms with Gasteiger partial charge in [0, 0.05) is 24.9 Å². The molecule has 11 atom stereocenters. The molecule has 142 valence electrons. The van der Waals surface area contributed by atoms with Crippen LogP contribution in [0.25, 0.3) is 0 Å². The number of nitrogens with one attached hydrogen (secondary N) is 1. The van der Waals surface area contributed by atoms with E-state index in [0.29, 0.717) is 24.9 Å². The number of hydrogen-bond donors (Lipinski definition) is 2. The van der Waals surface area contributed by atoms with Gasteiger partial charge < -0.3 is 24.2 Å². The minimum Gasteiger partial charge on any atom is -0.390 e. The van der Waals surface area contributed by atoms with Gasteiger partial charge in [0.25, 0.3) is 0 Å². The van der Waals surface area contributed by atoms with E-state index >= 15 is 0 Å². The SMILES string of the molecule is COC1C(O)CCC2C1C[NH+](C)C1C3CC4OCOC4CC3CCC21. The molecule has 0 aromatic heterocycles. The third kappa shape index (κ3) is 2.61. The van der Waals surface area contributed by atoms with Gasteiger partial charge in [0.2, 0.25) is 0 Å². The van der Waals surface area contributed by atoms with Gasteiger partial charge in [-0.1, -0.05) is 0 Å². The molecule has 0 aromatic carbocycles. The number of hydrogen-bond acceptors (Lipinski definition) is 4. The van der Waals surface area contributed by atoms with Crippen LogP contribution >= 0.6 is 0 Å². The fourth-order valence-corrected chi connectivity index (χ4v) is 7.60. The monoisotopic (exact) mass is 352 g/mol. The number of fused-ring (bicyclic) bond motifs is 6. The first kappa shape index (κ1) is 16.9. The number of piperidine rings is 1. The van der Waals surface area contributed by atoms with Crippen molar-refractivity contribution in [1.82, 2.24) is 0 Å². The van der Waals surface area contributed by atoms with E-state index in [1.54, 1.807) is 12.0 Å². The van der Waals surface area contributed by atoms with Crippen molar-refractivity contribution in [1.29, 1.82) is 0 Å². The molecule has 2 N–H and O–H groups in total. The summed E-state index contributed by atoms with van der Waals surface area (Å²) in [6.45, 7) is 1.65. The minimum absolute atomic E-state index is 0.0367. The molecule has 5 fully saturated rings. The van der Waals surface area contributed by atoms with Crippen LogP contribution in [0.5, 0.6) is 0 Å². The highest BCUT2D eigenvalue weighted by atomic mass is 16.7. The predicted molar refractivity (Wildman–Crippen MR) is 92.1 cm³/mol. The number of rotatable bonds is 1. The van der Waals surface area contributed by atoms with Gasteiger partial charge in [0.1, 0.15) is 6.79 Å². The molecule has 25 heavy (non-hydrogen) atoms. The van der Waals surface area contributed by atoms with Gasteiger partial charge in [0.05, 0.1) is 44.1 Å². The molecule has 0 aromatic rings. The third-order valence-electron chi connectivity index (χ3n) is 8.51. The molecule has 5 nitrogen and oxygen atoms in total. The summed E-state index contributed by atoms with van der Waals surface area (Å²) in [5.41, 5.74) is 0. The number of ether oxygens (including phenoxy) is 3. The lowest BCUT2D eigenvalue weighted by molar-refractivity contribution is -0.929. The first-order chi connectivity index (χ1) is 12.2. The summed E-state index contributed by atoms with van der Waals surface area (Å²) >= 11 is 0. The second-order valence-corrected chi connectivity index (χ2v) is 9.41. The van der Waals surface area contributed by atoms with Crippen LogP contribution in [0, 0.1) is 29.6 Å². The van der Waals surface area contributed by atoms with Crippen LogP contribution in [0.15, 0.2) is 0 Å². The molecule has 11 unspecified atom stereocenters. The van der Waals surface area contributed by atoms with Crippen LogP contribution in [-0.2, 0) is 14.2 Å². The Balaban J connectivity index is 1.39. The predicted octanol–water partition coefficient (Wildman–Crippen LogP) is 0.463. The smallest absolute Gasteiger partial charge is 0.147 e. The van der Waals surface area contributed by atoms with Crippen molar-refractivity contribution in [2.45, 2.75) is 69.0 Å². The molecule has 5 aliphatic rings. The van der Waals surface area contributed by atoms with E-state index < -0.39 is 0 Å². The van der Waals surface area contributed by atoms with Gasteiger partial charge in [0.15, 0.2) is 0 Å². The number of likely N-dealkylation sites (tertiary alicyclic amines) is 1. The number of aliphatic hydroxyl groups excluding tert-OH is 1. The maximum Gasteiger partial charge on any atom is 0.147 e. The summed E-state index contributed by atoms with van der Waals surface area (Å²) in [7, 11) is 4.18. The normalized spacial score (nSPS) is 58.0. The van der Waals surface area contributed by atoms with E-state index in [-0.39, 0.29) is 12.2 Å². The Morgan fingerprint density at radius 1 is 0.920 bits per heavy atom. The van der Waals surface area contributed by atoms with Crippen LogP contribution < -0.4 is 4.90 Å². The lowest BCUT2D eigenvalue weighted by Gasteiger charge is -2.57. The van der Waals surface area contributed by atoms with E-state index in [1.807, 2.05) is 0 Å². The molecule has 2 heterocycles. The van der Waals surface area contributed by atoms with Gasteiger partial charge in [-0.3, -0.25) is 0 Å². The summed E-state index contributed by atoms with van der Waals surface area (Å²) in [5.74, 6) is 3.66. The zero-order valence-corrected chi connectivity index (χ0v) is 15.6. The molecule has 0 radical (unpaired) electrons. The Labute approximate surface area is 151 Å². The van der Waals surface area contributed by atoms with Crippen molar-refractivity contribution in [3.8, 4) is 0 Å². The Morgan fingerprint density at radius 2 is 1.68 bits per heavy atom. The maximum absolute atomic E-state index is 10.4. The second kappa shape index (κ2) is 6.45. The Bertz CT molecular complexity index is 502. The molecule has 0 amide bonds. The quantitative estimate of drug-likeness (QED) is 0.720. The van der Waals surface area contributed by atoms with Crippen LogP contribution in [-0.4, -0.2) is 63.1 Å². The Morgan fingerprint density at radius 3 is 2.48 bits per heavy atom. The van der Waals surface area contributed by atoms with Crippen molar-refractivity contribution in [3.05, 3.63) is 0 Å². The Hall–Kier alpha value is -0.200. The van der Waals surface area contributed by atoms with Crippen LogP contribution in [0.4, 0.5) is 0 Å². The second-order valence-electron chi connectivity index (χ2n) is 9.41. The van der Waals surface area contributed by atoms with E-state index in [0.717, 1.165) is 42.7 Å². The molecule has 0 bridgehead atoms. The fraction of sp³-hybridized carbons (Fsp3) is 1.00. The summed E-state index contributed by atoms with van der Waals surface area (Å²) in [6, 6.07) is 0.762. The highest BCUT2D eigenvalue weighted by Gasteiger charge is 2.58. The topological polar surface area (TPSA) is 52.4 Å². The molecule has 5 heteroatoms. The van der Waals surface area contributed by atoms with Crippen molar-refractivity contribution in [2.24, 2.45) is 29.6 Å². The van der Waals surface area contributed by atoms with Crippen LogP contribution in [0.3, 0.4) is 0 Å². The average Bonchev–Trinajstić information content (AvgIpc) is 3.06. The first-order valence-corrected chi connectivity index (χ1v) is 10.4. The van der Waals surface area contributed by atoms with Crippen LogP contribution in [0.2, 0.25) is 0 Å². The van der Waals surface area contributed by atoms with Gasteiger partial charge in [-0.05, 0) is 50.4 Å². The molecular weight excluding hydrogens is 318 g/mol. The van der Waals surface area contributed by atoms with E-state index in [4.69, 9.17) is 14.2 Å². The maximum atomic E-state index is 10.4. The molecule has 3 aliphatic carbocycles. The molecule has 2 saturated heterocycles. The van der Waals surface area contributed by atoms with Crippen LogP contribution in [0.1, 0.15) is 38.5 Å². The summed E-state index contributed by atoms with van der Waals surface area (Å²) in [5, 5.41) is 10.4. The van der Waals surface area contributed by atoms with Gasteiger partial charge >= 0.3 is 0 Å². The van der Waals surface area contributed by atoms with E-state index in [9.17, 15) is 5.11 Å². The lowest BCUT2D eigenvalue weighted by atomic mass is 9.55. The minimum atomic E-state index is -0.272. The molecule has 0 spiro atoms. The number of quaternary nitrogens is 1. The van der Waals surface area contributed by atoms with E-state index in [1.165, 1.54) is 32.1 Å². The van der Waals surface area contributed by atoms with Crippen molar-refractivity contribution >= 4 is 0 Å². The summed E-state index contributed by atoms with van der Waals surface area (Å²) in [4.78, 5) is 1.68. The van der Waals surface area contributed by atoms with Crippen molar-refractivity contribution in [2.75, 3.05) is 27.5 Å². The zero-order valence-electron chi connectivity index (χ0n) is 15.6. The van der Waals surface area contributed by atoms with Crippen molar-refractivity contribution in [3.63, 3.8) is 0 Å². The molecule has 5 rings (SSSR count). The Kier molecular flexibility index (Phi) is 4.37.